The second-order valence-electron chi connectivity index (χ2n) is 2.54. The number of rotatable bonds is 2. The van der Waals surface area contributed by atoms with Gasteiger partial charge < -0.3 is 0 Å². The number of nitrogens with zero attached hydrogens (tertiary/aromatic N) is 2. The fourth-order valence-electron chi connectivity index (χ4n) is 1.40. The van der Waals surface area contributed by atoms with Gasteiger partial charge in [0.05, 0.1) is 12.1 Å². The van der Waals surface area contributed by atoms with Crippen molar-refractivity contribution in [2.24, 2.45) is 9.98 Å². The van der Waals surface area contributed by atoms with Crippen LogP contribution in [0.1, 0.15) is 19.3 Å². The van der Waals surface area contributed by atoms with Gasteiger partial charge in [0.2, 0.25) is 0 Å². The standard InChI is InChI=1S/C8H12N2/c1-3-10-8-6-4-5-7(8)9-2/h7-8H,1-2,4-6H2. The summed E-state index contributed by atoms with van der Waals surface area (Å²) < 4.78 is 0. The summed E-state index contributed by atoms with van der Waals surface area (Å²) in [6.45, 7) is 6.96. The predicted octanol–water partition coefficient (Wildman–Crippen LogP) is 1.46. The van der Waals surface area contributed by atoms with E-state index in [1.807, 2.05) is 0 Å². The van der Waals surface area contributed by atoms with E-state index >= 15 is 0 Å². The van der Waals surface area contributed by atoms with Crippen LogP contribution in [0.3, 0.4) is 0 Å². The highest BCUT2D eigenvalue weighted by atomic mass is 14.9. The topological polar surface area (TPSA) is 24.7 Å². The van der Waals surface area contributed by atoms with Gasteiger partial charge in [-0.1, -0.05) is 0 Å². The Morgan fingerprint density at radius 3 is 2.60 bits per heavy atom. The summed E-state index contributed by atoms with van der Waals surface area (Å²) in [7, 11) is 0. The lowest BCUT2D eigenvalue weighted by Gasteiger charge is -2.06. The zero-order chi connectivity index (χ0) is 7.40. The van der Waals surface area contributed by atoms with Crippen LogP contribution >= 0.6 is 0 Å². The van der Waals surface area contributed by atoms with Crippen LogP contribution in [-0.2, 0) is 0 Å². The minimum Gasteiger partial charge on any atom is -0.295 e. The lowest BCUT2D eigenvalue weighted by atomic mass is 10.2. The number of aliphatic imine (C=N–C) groups is 2. The highest BCUT2D eigenvalue weighted by molar-refractivity contribution is 5.47. The molecule has 0 N–H and O–H groups in total. The van der Waals surface area contributed by atoms with Gasteiger partial charge in [-0.25, -0.2) is 4.99 Å². The summed E-state index contributed by atoms with van der Waals surface area (Å²) in [4.78, 5) is 8.06. The van der Waals surface area contributed by atoms with Crippen LogP contribution in [0, 0.1) is 0 Å². The quantitative estimate of drug-likeness (QED) is 0.513. The molecule has 0 saturated heterocycles. The van der Waals surface area contributed by atoms with Crippen LogP contribution in [0.4, 0.5) is 0 Å². The molecule has 0 aromatic heterocycles. The van der Waals surface area contributed by atoms with Crippen molar-refractivity contribution in [2.75, 3.05) is 0 Å². The predicted molar refractivity (Wildman–Crippen MR) is 44.0 cm³/mol. The summed E-state index contributed by atoms with van der Waals surface area (Å²) in [5.74, 6) is 2.56. The highest BCUT2D eigenvalue weighted by Gasteiger charge is 2.24. The monoisotopic (exact) mass is 136 g/mol. The first-order valence-corrected chi connectivity index (χ1v) is 3.56. The van der Waals surface area contributed by atoms with E-state index in [4.69, 9.17) is 0 Å². The van der Waals surface area contributed by atoms with Crippen molar-refractivity contribution in [3.63, 3.8) is 0 Å². The second kappa shape index (κ2) is 3.33. The summed E-state index contributed by atoms with van der Waals surface area (Å²) in [5, 5.41) is 0. The molecule has 1 aliphatic rings. The molecule has 0 aliphatic heterocycles. The molecular formula is C8H12N2. The molecule has 0 bridgehead atoms. The fraction of sp³-hybridized carbons (Fsp3) is 0.625. The van der Waals surface area contributed by atoms with E-state index in [9.17, 15) is 0 Å². The maximum Gasteiger partial charge on any atom is 0.0816 e. The van der Waals surface area contributed by atoms with Gasteiger partial charge in [0.1, 0.15) is 0 Å². The summed E-state index contributed by atoms with van der Waals surface area (Å²) >= 11 is 0. The van der Waals surface area contributed by atoms with Gasteiger partial charge in [0, 0.05) is 0 Å². The van der Waals surface area contributed by atoms with Gasteiger partial charge in [-0.2, -0.15) is 0 Å². The molecule has 0 radical (unpaired) electrons. The minimum absolute atomic E-state index is 0.315. The van der Waals surface area contributed by atoms with Gasteiger partial charge in [-0.15, -0.1) is 0 Å². The van der Waals surface area contributed by atoms with Crippen molar-refractivity contribution in [2.45, 2.75) is 31.3 Å². The van der Waals surface area contributed by atoms with E-state index in [0.29, 0.717) is 12.1 Å². The Morgan fingerprint density at radius 1 is 1.30 bits per heavy atom. The maximum atomic E-state index is 4.08. The molecule has 0 aromatic carbocycles. The zero-order valence-electron chi connectivity index (χ0n) is 6.08. The van der Waals surface area contributed by atoms with Gasteiger partial charge >= 0.3 is 0 Å². The van der Waals surface area contributed by atoms with Gasteiger partial charge in [0.15, 0.2) is 0 Å². The molecule has 2 heteroatoms. The second-order valence-corrected chi connectivity index (χ2v) is 2.54. The summed E-state index contributed by atoms with van der Waals surface area (Å²) in [5.41, 5.74) is 0. The average Bonchev–Trinajstić information content (AvgIpc) is 2.36. The van der Waals surface area contributed by atoms with Crippen molar-refractivity contribution in [3.8, 4) is 0 Å². The van der Waals surface area contributed by atoms with Crippen molar-refractivity contribution < 1.29 is 0 Å². The number of hydrogen-bond donors (Lipinski definition) is 0. The molecule has 2 nitrogen and oxygen atoms in total. The Hall–Kier alpha value is -0.880. The van der Waals surface area contributed by atoms with Crippen molar-refractivity contribution in [1.82, 2.24) is 0 Å². The SMILES string of the molecule is C=C=NC1CCCC1N=C. The van der Waals surface area contributed by atoms with Gasteiger partial charge in [0.25, 0.3) is 0 Å². The third-order valence-electron chi connectivity index (χ3n) is 1.94. The Kier molecular flexibility index (Phi) is 2.41. The first kappa shape index (κ1) is 7.23. The van der Waals surface area contributed by atoms with Crippen molar-refractivity contribution in [1.29, 1.82) is 0 Å². The maximum absolute atomic E-state index is 4.08. The molecule has 0 heterocycles. The molecular weight excluding hydrogens is 124 g/mol. The first-order valence-electron chi connectivity index (χ1n) is 3.56. The molecule has 2 atom stereocenters. The molecule has 10 heavy (non-hydrogen) atoms. The summed E-state index contributed by atoms with van der Waals surface area (Å²) in [6, 6.07) is 0.643. The lowest BCUT2D eigenvalue weighted by molar-refractivity contribution is 0.614. The lowest BCUT2D eigenvalue weighted by Crippen LogP contribution is -2.13. The molecule has 0 spiro atoms. The minimum atomic E-state index is 0.315. The Morgan fingerprint density at radius 2 is 2.00 bits per heavy atom. The summed E-state index contributed by atoms with van der Waals surface area (Å²) in [6.07, 6.45) is 3.45. The molecule has 1 fully saturated rings. The van der Waals surface area contributed by atoms with Gasteiger partial charge in [-0.05, 0) is 38.4 Å². The van der Waals surface area contributed by atoms with Crippen LogP contribution in [0.15, 0.2) is 16.6 Å². The van der Waals surface area contributed by atoms with Crippen LogP contribution in [-0.4, -0.2) is 24.7 Å². The fourth-order valence-corrected chi connectivity index (χ4v) is 1.40. The van der Waals surface area contributed by atoms with E-state index in [2.05, 4.69) is 29.2 Å². The highest BCUT2D eigenvalue weighted by Crippen LogP contribution is 2.23. The molecule has 1 aliphatic carbocycles. The smallest absolute Gasteiger partial charge is 0.0816 e. The Labute approximate surface area is 61.4 Å². The van der Waals surface area contributed by atoms with E-state index in [0.717, 1.165) is 12.8 Å². The Balaban J connectivity index is 2.57. The first-order chi connectivity index (χ1) is 4.88. The van der Waals surface area contributed by atoms with Crippen molar-refractivity contribution >= 4 is 12.6 Å². The van der Waals surface area contributed by atoms with Crippen LogP contribution < -0.4 is 0 Å². The van der Waals surface area contributed by atoms with E-state index < -0.39 is 0 Å². The molecule has 1 saturated carbocycles. The van der Waals surface area contributed by atoms with Gasteiger partial charge in [-0.3, -0.25) is 4.99 Å². The van der Waals surface area contributed by atoms with E-state index in [1.165, 1.54) is 6.42 Å². The molecule has 0 aromatic rings. The molecule has 54 valence electrons. The third kappa shape index (κ3) is 1.34. The average molecular weight is 136 g/mol. The number of hydrogen-bond acceptors (Lipinski definition) is 2. The third-order valence-corrected chi connectivity index (χ3v) is 1.94. The molecule has 0 amide bonds. The largest absolute Gasteiger partial charge is 0.295 e. The van der Waals surface area contributed by atoms with Crippen LogP contribution in [0.25, 0.3) is 0 Å². The Bertz CT molecular complexity index is 168. The van der Waals surface area contributed by atoms with Crippen molar-refractivity contribution in [3.05, 3.63) is 6.58 Å². The van der Waals surface area contributed by atoms with Crippen LogP contribution in [0.5, 0.6) is 0 Å². The van der Waals surface area contributed by atoms with E-state index in [-0.39, 0.29) is 0 Å². The molecule has 2 unspecified atom stereocenters. The molecule has 1 rings (SSSR count). The van der Waals surface area contributed by atoms with Crippen LogP contribution in [0.2, 0.25) is 0 Å². The van der Waals surface area contributed by atoms with E-state index in [1.54, 1.807) is 0 Å². The normalized spacial score (nSPS) is 31.2. The zero-order valence-corrected chi connectivity index (χ0v) is 6.08.